The molecule has 1 aliphatic carbocycles. The number of urea groups is 1. The standard InChI is InChI=1S/C17H24ClN3O2S/c1-21(11-14-7-8-15(18)24-14)12-16(22)20-17(23)19-10-9-13-5-3-2-4-6-13/h5,7-8H,2-4,6,9-12H2,1H3,(H2,19,20,22,23)/p+1. The molecule has 0 radical (unpaired) electrons. The Balaban J connectivity index is 1.62. The molecule has 1 aliphatic rings. The number of amides is 3. The molecule has 1 heterocycles. The van der Waals surface area contributed by atoms with E-state index in [2.05, 4.69) is 16.7 Å². The highest BCUT2D eigenvalue weighted by atomic mass is 35.5. The highest BCUT2D eigenvalue weighted by molar-refractivity contribution is 7.16. The average Bonchev–Trinajstić information content (AvgIpc) is 2.92. The minimum absolute atomic E-state index is 0.244. The van der Waals surface area contributed by atoms with E-state index in [9.17, 15) is 9.59 Å². The van der Waals surface area contributed by atoms with E-state index in [1.807, 2.05) is 19.2 Å². The number of carbonyl (C=O) groups excluding carboxylic acids is 2. The van der Waals surface area contributed by atoms with E-state index in [1.54, 1.807) is 0 Å². The third kappa shape index (κ3) is 7.03. The highest BCUT2D eigenvalue weighted by Gasteiger charge is 2.14. The van der Waals surface area contributed by atoms with E-state index >= 15 is 0 Å². The summed E-state index contributed by atoms with van der Waals surface area (Å²) in [7, 11) is 1.92. The summed E-state index contributed by atoms with van der Waals surface area (Å²) in [4.78, 5) is 25.8. The lowest BCUT2D eigenvalue weighted by molar-refractivity contribution is -0.885. The van der Waals surface area contributed by atoms with Crippen molar-refractivity contribution >= 4 is 34.9 Å². The third-order valence-electron chi connectivity index (χ3n) is 3.94. The minimum atomic E-state index is -0.414. The van der Waals surface area contributed by atoms with Gasteiger partial charge in [-0.25, -0.2) is 4.79 Å². The first-order chi connectivity index (χ1) is 11.5. The summed E-state index contributed by atoms with van der Waals surface area (Å²) in [6.07, 6.45) is 7.91. The molecule has 24 heavy (non-hydrogen) atoms. The van der Waals surface area contributed by atoms with Gasteiger partial charge in [0.2, 0.25) is 0 Å². The van der Waals surface area contributed by atoms with Gasteiger partial charge in [0.25, 0.3) is 5.91 Å². The molecular formula is C17H25ClN3O2S+. The molecule has 0 fully saturated rings. The number of quaternary nitrogens is 1. The third-order valence-corrected chi connectivity index (χ3v) is 5.17. The Bertz CT molecular complexity index is 600. The van der Waals surface area contributed by atoms with Gasteiger partial charge in [0.15, 0.2) is 6.54 Å². The molecule has 5 nitrogen and oxygen atoms in total. The van der Waals surface area contributed by atoms with E-state index in [0.29, 0.717) is 13.1 Å². The van der Waals surface area contributed by atoms with Gasteiger partial charge < -0.3 is 10.2 Å². The number of carbonyl (C=O) groups is 2. The lowest BCUT2D eigenvalue weighted by Gasteiger charge is -2.14. The van der Waals surface area contributed by atoms with E-state index in [-0.39, 0.29) is 12.5 Å². The van der Waals surface area contributed by atoms with Crippen LogP contribution < -0.4 is 15.5 Å². The van der Waals surface area contributed by atoms with Crippen molar-refractivity contribution in [1.82, 2.24) is 10.6 Å². The van der Waals surface area contributed by atoms with Crippen LogP contribution in [0.25, 0.3) is 0 Å². The van der Waals surface area contributed by atoms with Crippen LogP contribution in [0, 0.1) is 0 Å². The Morgan fingerprint density at radius 1 is 1.33 bits per heavy atom. The maximum absolute atomic E-state index is 11.9. The Labute approximate surface area is 152 Å². The van der Waals surface area contributed by atoms with Gasteiger partial charge >= 0.3 is 6.03 Å². The fourth-order valence-corrected chi connectivity index (χ4v) is 3.97. The SMILES string of the molecule is C[NH+](CC(=O)NC(=O)NCCC1=CCCCC1)Cc1ccc(Cl)s1. The summed E-state index contributed by atoms with van der Waals surface area (Å²) in [5.41, 5.74) is 1.41. The van der Waals surface area contributed by atoms with Gasteiger partial charge in [0.1, 0.15) is 6.54 Å². The maximum Gasteiger partial charge on any atom is 0.321 e. The van der Waals surface area contributed by atoms with Gasteiger partial charge in [-0.1, -0.05) is 23.3 Å². The second kappa shape index (κ2) is 9.81. The van der Waals surface area contributed by atoms with Gasteiger partial charge in [-0.3, -0.25) is 10.1 Å². The number of rotatable bonds is 7. The van der Waals surface area contributed by atoms with Crippen LogP contribution in [0.1, 0.15) is 37.0 Å². The van der Waals surface area contributed by atoms with Crippen molar-refractivity contribution in [3.63, 3.8) is 0 Å². The lowest BCUT2D eigenvalue weighted by atomic mass is 9.97. The van der Waals surface area contributed by atoms with Crippen LogP contribution in [-0.4, -0.2) is 32.1 Å². The molecule has 0 bridgehead atoms. The van der Waals surface area contributed by atoms with Crippen molar-refractivity contribution < 1.29 is 14.5 Å². The molecule has 1 aromatic rings. The zero-order valence-electron chi connectivity index (χ0n) is 14.0. The Morgan fingerprint density at radius 3 is 2.83 bits per heavy atom. The molecule has 3 N–H and O–H groups in total. The summed E-state index contributed by atoms with van der Waals surface area (Å²) in [5, 5.41) is 5.14. The topological polar surface area (TPSA) is 62.6 Å². The Morgan fingerprint density at radius 2 is 2.17 bits per heavy atom. The second-order valence-electron chi connectivity index (χ2n) is 6.18. The molecule has 0 saturated carbocycles. The number of thiophene rings is 1. The first-order valence-electron chi connectivity index (χ1n) is 8.34. The first kappa shape index (κ1) is 19.0. The first-order valence-corrected chi connectivity index (χ1v) is 9.53. The number of allylic oxidation sites excluding steroid dienone is 1. The summed E-state index contributed by atoms with van der Waals surface area (Å²) < 4.78 is 0.745. The molecule has 1 aromatic heterocycles. The predicted molar refractivity (Wildman–Crippen MR) is 97.5 cm³/mol. The van der Waals surface area contributed by atoms with E-state index in [4.69, 9.17) is 11.6 Å². The van der Waals surface area contributed by atoms with Crippen LogP contribution >= 0.6 is 22.9 Å². The van der Waals surface area contributed by atoms with E-state index < -0.39 is 6.03 Å². The monoisotopic (exact) mass is 370 g/mol. The van der Waals surface area contributed by atoms with Crippen molar-refractivity contribution in [3.05, 3.63) is 33.0 Å². The number of likely N-dealkylation sites (N-methyl/N-ethyl adjacent to an activating group) is 1. The van der Waals surface area contributed by atoms with Crippen LogP contribution in [-0.2, 0) is 11.3 Å². The summed E-state index contributed by atoms with van der Waals surface area (Å²) in [6, 6.07) is 3.40. The number of hydrogen-bond acceptors (Lipinski definition) is 3. The van der Waals surface area contributed by atoms with Gasteiger partial charge in [0.05, 0.1) is 16.3 Å². The van der Waals surface area contributed by atoms with E-state index in [1.165, 1.54) is 29.8 Å². The molecule has 0 aliphatic heterocycles. The van der Waals surface area contributed by atoms with Crippen molar-refractivity contribution in [2.75, 3.05) is 20.1 Å². The highest BCUT2D eigenvalue weighted by Crippen LogP contribution is 2.20. The molecule has 3 amide bonds. The zero-order chi connectivity index (χ0) is 17.4. The molecule has 132 valence electrons. The smallest absolute Gasteiger partial charge is 0.321 e. The van der Waals surface area contributed by atoms with Crippen LogP contribution in [0.4, 0.5) is 4.79 Å². The van der Waals surface area contributed by atoms with Gasteiger partial charge in [-0.2, -0.15) is 0 Å². The van der Waals surface area contributed by atoms with Gasteiger partial charge in [-0.05, 0) is 44.2 Å². The molecule has 1 atom stereocenters. The van der Waals surface area contributed by atoms with Gasteiger partial charge in [-0.15, -0.1) is 11.3 Å². The second-order valence-corrected chi connectivity index (χ2v) is 7.98. The molecule has 0 saturated heterocycles. The normalized spacial score (nSPS) is 15.5. The number of hydrogen-bond donors (Lipinski definition) is 3. The summed E-state index contributed by atoms with van der Waals surface area (Å²) in [5.74, 6) is -0.274. The summed E-state index contributed by atoms with van der Waals surface area (Å²) in [6.45, 7) is 1.52. The Kier molecular flexibility index (Phi) is 7.75. The largest absolute Gasteiger partial charge is 0.337 e. The van der Waals surface area contributed by atoms with E-state index in [0.717, 1.165) is 33.4 Å². The quantitative estimate of drug-likeness (QED) is 0.644. The van der Waals surface area contributed by atoms with Crippen LogP contribution in [0.3, 0.4) is 0 Å². The molecule has 0 spiro atoms. The van der Waals surface area contributed by atoms with Crippen molar-refractivity contribution in [2.45, 2.75) is 38.6 Å². The van der Waals surface area contributed by atoms with Gasteiger partial charge in [0, 0.05) is 6.54 Å². The average molecular weight is 371 g/mol. The van der Waals surface area contributed by atoms with Crippen molar-refractivity contribution in [2.24, 2.45) is 0 Å². The van der Waals surface area contributed by atoms with Crippen LogP contribution in [0.2, 0.25) is 4.34 Å². The predicted octanol–water partition coefficient (Wildman–Crippen LogP) is 2.13. The number of imide groups is 1. The lowest BCUT2D eigenvalue weighted by Crippen LogP contribution is -3.08. The number of nitrogens with one attached hydrogen (secondary N) is 3. The Hall–Kier alpha value is -1.37. The number of halogens is 1. The molecular weight excluding hydrogens is 346 g/mol. The van der Waals surface area contributed by atoms with Crippen molar-refractivity contribution in [3.8, 4) is 0 Å². The fourth-order valence-electron chi connectivity index (χ4n) is 2.76. The summed E-state index contributed by atoms with van der Waals surface area (Å²) >= 11 is 7.41. The fraction of sp³-hybridized carbons (Fsp3) is 0.529. The molecule has 2 rings (SSSR count). The van der Waals surface area contributed by atoms with Crippen LogP contribution in [0.15, 0.2) is 23.8 Å². The minimum Gasteiger partial charge on any atom is -0.337 e. The van der Waals surface area contributed by atoms with Crippen molar-refractivity contribution in [1.29, 1.82) is 0 Å². The maximum atomic E-state index is 11.9. The molecule has 0 aromatic carbocycles. The van der Waals surface area contributed by atoms with Crippen LogP contribution in [0.5, 0.6) is 0 Å². The molecule has 7 heteroatoms. The molecule has 1 unspecified atom stereocenters. The zero-order valence-corrected chi connectivity index (χ0v) is 15.6.